The average molecular weight is 432 g/mol. The largest absolute Gasteiger partial charge is 0.495 e. The molecule has 1 aliphatic heterocycles. The Labute approximate surface area is 176 Å². The minimum Gasteiger partial charge on any atom is -0.495 e. The van der Waals surface area contributed by atoms with Crippen molar-refractivity contribution in [3.63, 3.8) is 0 Å². The third-order valence-electron chi connectivity index (χ3n) is 4.80. The van der Waals surface area contributed by atoms with Gasteiger partial charge in [0.05, 0.1) is 19.1 Å². The molecule has 0 spiro atoms. The average Bonchev–Trinajstić information content (AvgIpc) is 2.69. The number of carbonyl (C=O) groups is 2. The molecular weight excluding hydrogens is 406 g/mol. The monoisotopic (exact) mass is 431 g/mol. The molecule has 1 fully saturated rings. The second-order valence-electron chi connectivity index (χ2n) is 7.14. The van der Waals surface area contributed by atoms with Gasteiger partial charge in [-0.1, -0.05) is 30.3 Å². The Morgan fingerprint density at radius 2 is 1.87 bits per heavy atom. The number of amides is 2. The van der Waals surface area contributed by atoms with Crippen LogP contribution in [0.4, 0.5) is 11.4 Å². The molecule has 1 saturated heterocycles. The van der Waals surface area contributed by atoms with E-state index in [1.54, 1.807) is 17.0 Å². The number of likely N-dealkylation sites (tertiary alicyclic amines) is 1. The van der Waals surface area contributed by atoms with Gasteiger partial charge in [-0.2, -0.15) is 0 Å². The first kappa shape index (κ1) is 21.6. The van der Waals surface area contributed by atoms with Crippen LogP contribution in [-0.4, -0.2) is 45.0 Å². The van der Waals surface area contributed by atoms with Crippen LogP contribution in [-0.2, 0) is 19.6 Å². The van der Waals surface area contributed by atoms with E-state index in [0.29, 0.717) is 30.0 Å². The molecule has 2 aromatic carbocycles. The van der Waals surface area contributed by atoms with Crippen molar-refractivity contribution in [3.05, 3.63) is 54.1 Å². The van der Waals surface area contributed by atoms with Crippen LogP contribution < -0.4 is 14.8 Å². The lowest BCUT2D eigenvalue weighted by Crippen LogP contribution is -2.43. The summed E-state index contributed by atoms with van der Waals surface area (Å²) in [4.78, 5) is 27.4. The predicted octanol–water partition coefficient (Wildman–Crippen LogP) is 2.76. The molecule has 1 unspecified atom stereocenters. The summed E-state index contributed by atoms with van der Waals surface area (Å²) in [6, 6.07) is 13.0. The lowest BCUT2D eigenvalue weighted by Gasteiger charge is -2.34. The Bertz CT molecular complexity index is 1020. The molecule has 2 amide bonds. The number of sulfonamides is 1. The van der Waals surface area contributed by atoms with Gasteiger partial charge in [0.25, 0.3) is 5.91 Å². The molecule has 0 radical (unpaired) electrons. The minimum absolute atomic E-state index is 0.0561. The Kier molecular flexibility index (Phi) is 6.61. The number of piperidine rings is 1. The first-order valence-electron chi connectivity index (χ1n) is 9.59. The molecule has 0 aliphatic carbocycles. The highest BCUT2D eigenvalue weighted by Gasteiger charge is 2.32. The fourth-order valence-corrected chi connectivity index (χ4v) is 4.04. The van der Waals surface area contributed by atoms with Crippen LogP contribution in [0.15, 0.2) is 48.5 Å². The van der Waals surface area contributed by atoms with Crippen molar-refractivity contribution in [2.75, 3.05) is 29.9 Å². The molecule has 2 aromatic rings. The molecule has 8 nitrogen and oxygen atoms in total. The first-order valence-corrected chi connectivity index (χ1v) is 11.5. The molecule has 0 aromatic heterocycles. The number of hydrogen-bond donors (Lipinski definition) is 2. The van der Waals surface area contributed by atoms with E-state index in [4.69, 9.17) is 4.74 Å². The van der Waals surface area contributed by atoms with E-state index in [2.05, 4.69) is 10.0 Å². The molecule has 30 heavy (non-hydrogen) atoms. The molecule has 1 atom stereocenters. The second-order valence-corrected chi connectivity index (χ2v) is 8.88. The number of hydrogen-bond acceptors (Lipinski definition) is 5. The van der Waals surface area contributed by atoms with Gasteiger partial charge in [0, 0.05) is 18.7 Å². The molecule has 0 saturated carbocycles. The maximum Gasteiger partial charge on any atom is 0.251 e. The summed E-state index contributed by atoms with van der Waals surface area (Å²) in [5.74, 6) is -0.101. The highest BCUT2D eigenvalue weighted by molar-refractivity contribution is 7.92. The number of carbonyl (C=O) groups excluding carboxylic acids is 2. The molecule has 0 bridgehead atoms. The van der Waals surface area contributed by atoms with Gasteiger partial charge in [-0.05, 0) is 36.6 Å². The number of nitrogens with one attached hydrogen (secondary N) is 2. The van der Waals surface area contributed by atoms with Crippen LogP contribution in [0.1, 0.15) is 30.9 Å². The van der Waals surface area contributed by atoms with E-state index in [9.17, 15) is 18.0 Å². The fourth-order valence-electron chi connectivity index (χ4n) is 3.48. The molecule has 2 N–H and O–H groups in total. The summed E-state index contributed by atoms with van der Waals surface area (Å²) >= 11 is 0. The maximum atomic E-state index is 13.2. The molecule has 160 valence electrons. The number of nitrogens with zero attached hydrogens (tertiary/aromatic N) is 1. The van der Waals surface area contributed by atoms with Gasteiger partial charge >= 0.3 is 0 Å². The van der Waals surface area contributed by atoms with Gasteiger partial charge in [0.1, 0.15) is 11.8 Å². The number of benzene rings is 2. The van der Waals surface area contributed by atoms with Crippen molar-refractivity contribution in [3.8, 4) is 5.75 Å². The molecular formula is C21H25N3O5S. The SMILES string of the molecule is COc1ccc(NC(=O)C(c2ccccc2)N2CCCCC2=O)cc1NS(C)(=O)=O. The van der Waals surface area contributed by atoms with Gasteiger partial charge in [-0.25, -0.2) is 8.42 Å². The number of anilines is 2. The first-order chi connectivity index (χ1) is 14.3. The van der Waals surface area contributed by atoms with E-state index in [0.717, 1.165) is 19.1 Å². The van der Waals surface area contributed by atoms with Gasteiger partial charge in [-0.15, -0.1) is 0 Å². The highest BCUT2D eigenvalue weighted by atomic mass is 32.2. The second kappa shape index (κ2) is 9.17. The van der Waals surface area contributed by atoms with E-state index in [1.807, 2.05) is 30.3 Å². The van der Waals surface area contributed by atoms with Gasteiger partial charge in [0.15, 0.2) is 0 Å². The van der Waals surface area contributed by atoms with E-state index >= 15 is 0 Å². The summed E-state index contributed by atoms with van der Waals surface area (Å²) in [6.07, 6.45) is 3.11. The molecule has 1 aliphatic rings. The quantitative estimate of drug-likeness (QED) is 0.701. The third kappa shape index (κ3) is 5.29. The maximum absolute atomic E-state index is 13.2. The molecule has 3 rings (SSSR count). The highest BCUT2D eigenvalue weighted by Crippen LogP contribution is 2.31. The van der Waals surface area contributed by atoms with Crippen molar-refractivity contribution >= 4 is 33.2 Å². The Balaban J connectivity index is 1.90. The van der Waals surface area contributed by atoms with E-state index in [-0.39, 0.29) is 17.5 Å². The molecule has 9 heteroatoms. The van der Waals surface area contributed by atoms with Gasteiger partial charge in [0.2, 0.25) is 15.9 Å². The fraction of sp³-hybridized carbons (Fsp3) is 0.333. The number of rotatable bonds is 7. The zero-order valence-corrected chi connectivity index (χ0v) is 17.7. The number of ether oxygens (including phenoxy) is 1. The lowest BCUT2D eigenvalue weighted by atomic mass is 10.0. The van der Waals surface area contributed by atoms with Crippen molar-refractivity contribution in [2.45, 2.75) is 25.3 Å². The summed E-state index contributed by atoms with van der Waals surface area (Å²) < 4.78 is 30.8. The van der Waals surface area contributed by atoms with Gasteiger partial charge < -0.3 is 15.0 Å². The zero-order chi connectivity index (χ0) is 21.7. The summed E-state index contributed by atoms with van der Waals surface area (Å²) in [5, 5.41) is 2.81. The number of methoxy groups -OCH3 is 1. The van der Waals surface area contributed by atoms with Crippen LogP contribution in [0.2, 0.25) is 0 Å². The smallest absolute Gasteiger partial charge is 0.251 e. The van der Waals surface area contributed by atoms with Crippen molar-refractivity contribution < 1.29 is 22.7 Å². The van der Waals surface area contributed by atoms with Crippen LogP contribution in [0, 0.1) is 0 Å². The van der Waals surface area contributed by atoms with E-state index < -0.39 is 16.1 Å². The predicted molar refractivity (Wildman–Crippen MR) is 115 cm³/mol. The van der Waals surface area contributed by atoms with Crippen molar-refractivity contribution in [2.24, 2.45) is 0 Å². The minimum atomic E-state index is -3.53. The normalized spacial score (nSPS) is 15.4. The summed E-state index contributed by atoms with van der Waals surface area (Å²) in [7, 11) is -2.11. The topological polar surface area (TPSA) is 105 Å². The Morgan fingerprint density at radius 1 is 1.13 bits per heavy atom. The van der Waals surface area contributed by atoms with E-state index in [1.165, 1.54) is 13.2 Å². The van der Waals surface area contributed by atoms with Crippen LogP contribution >= 0.6 is 0 Å². The van der Waals surface area contributed by atoms with Crippen LogP contribution in [0.3, 0.4) is 0 Å². The molecule has 1 heterocycles. The van der Waals surface area contributed by atoms with Crippen molar-refractivity contribution in [1.82, 2.24) is 4.90 Å². The zero-order valence-electron chi connectivity index (χ0n) is 16.9. The Morgan fingerprint density at radius 3 is 2.50 bits per heavy atom. The standard InChI is InChI=1S/C21H25N3O5S/c1-29-18-12-11-16(14-17(18)23-30(2,27)28)22-21(26)20(15-8-4-3-5-9-15)24-13-7-6-10-19(24)25/h3-5,8-9,11-12,14,20,23H,6-7,10,13H2,1-2H3,(H,22,26). The van der Waals surface area contributed by atoms with Crippen molar-refractivity contribution in [1.29, 1.82) is 0 Å². The summed E-state index contributed by atoms with van der Waals surface area (Å²) in [5.41, 5.74) is 1.31. The summed E-state index contributed by atoms with van der Waals surface area (Å²) in [6.45, 7) is 0.509. The van der Waals surface area contributed by atoms with Gasteiger partial charge in [-0.3, -0.25) is 14.3 Å². The van der Waals surface area contributed by atoms with Crippen LogP contribution in [0.25, 0.3) is 0 Å². The third-order valence-corrected chi connectivity index (χ3v) is 5.39. The van der Waals surface area contributed by atoms with Crippen LogP contribution in [0.5, 0.6) is 5.75 Å². The lowest BCUT2D eigenvalue weighted by molar-refractivity contribution is -0.141. The Hall–Kier alpha value is -3.07.